The highest BCUT2D eigenvalue weighted by molar-refractivity contribution is 8.00. The van der Waals surface area contributed by atoms with Crippen molar-refractivity contribution < 1.29 is 4.79 Å². The first-order chi connectivity index (χ1) is 15.9. The lowest BCUT2D eigenvalue weighted by Gasteiger charge is -2.18. The van der Waals surface area contributed by atoms with Gasteiger partial charge in [0.2, 0.25) is 5.91 Å². The minimum Gasteiger partial charge on any atom is -0.349 e. The monoisotopic (exact) mass is 457 g/mol. The van der Waals surface area contributed by atoms with E-state index in [0.717, 1.165) is 16.8 Å². The van der Waals surface area contributed by atoms with Crippen molar-refractivity contribution in [3.63, 3.8) is 0 Å². The highest BCUT2D eigenvalue weighted by Crippen LogP contribution is 2.31. The average molecular weight is 458 g/mol. The van der Waals surface area contributed by atoms with Gasteiger partial charge in [-0.2, -0.15) is 0 Å². The highest BCUT2D eigenvalue weighted by Gasteiger charge is 2.23. The number of aryl methyl sites for hydroxylation is 2. The summed E-state index contributed by atoms with van der Waals surface area (Å²) in [5.41, 5.74) is 5.34. The fraction of sp³-hybridized carbons (Fsp3) is 0.231. The van der Waals surface area contributed by atoms with Crippen molar-refractivity contribution in [1.82, 2.24) is 25.1 Å². The second-order valence-corrected chi connectivity index (χ2v) is 9.36. The molecule has 168 valence electrons. The Morgan fingerprint density at radius 3 is 2.36 bits per heavy atom. The number of pyridine rings is 1. The first-order valence-electron chi connectivity index (χ1n) is 10.9. The number of benzene rings is 2. The smallest absolute Gasteiger partial charge is 0.233 e. The number of rotatable bonds is 7. The topological polar surface area (TPSA) is 72.7 Å². The van der Waals surface area contributed by atoms with E-state index >= 15 is 0 Å². The van der Waals surface area contributed by atoms with E-state index in [1.54, 1.807) is 12.4 Å². The largest absolute Gasteiger partial charge is 0.349 e. The van der Waals surface area contributed by atoms with Gasteiger partial charge in [0.05, 0.1) is 17.0 Å². The van der Waals surface area contributed by atoms with E-state index < -0.39 is 0 Å². The van der Waals surface area contributed by atoms with Crippen LogP contribution in [0.2, 0.25) is 0 Å². The molecule has 0 saturated carbocycles. The molecule has 4 aromatic rings. The summed E-state index contributed by atoms with van der Waals surface area (Å²) in [4.78, 5) is 17.1. The standard InChI is InChI=1S/C26H27N5OS/c1-17-10-11-23(16-18(17)2)31-24(22-12-14-27-15-13-22)29-30-26(31)33-20(4)25(32)28-19(3)21-8-6-5-7-9-21/h5-16,19-20H,1-4H3,(H,28,32). The van der Waals surface area contributed by atoms with E-state index in [1.165, 1.54) is 22.9 Å². The van der Waals surface area contributed by atoms with Crippen LogP contribution in [0, 0.1) is 13.8 Å². The molecule has 4 rings (SSSR count). The Balaban J connectivity index is 1.62. The van der Waals surface area contributed by atoms with Crippen LogP contribution in [-0.4, -0.2) is 30.9 Å². The van der Waals surface area contributed by atoms with Gasteiger partial charge in [0.15, 0.2) is 11.0 Å². The molecule has 2 heterocycles. The lowest BCUT2D eigenvalue weighted by atomic mass is 10.1. The van der Waals surface area contributed by atoms with Gasteiger partial charge < -0.3 is 5.32 Å². The number of thioether (sulfide) groups is 1. The normalized spacial score (nSPS) is 12.8. The number of nitrogens with zero attached hydrogens (tertiary/aromatic N) is 4. The fourth-order valence-electron chi connectivity index (χ4n) is 3.50. The molecule has 1 N–H and O–H groups in total. The van der Waals surface area contributed by atoms with Gasteiger partial charge in [-0.15, -0.1) is 10.2 Å². The first kappa shape index (κ1) is 22.7. The lowest BCUT2D eigenvalue weighted by molar-refractivity contribution is -0.120. The van der Waals surface area contributed by atoms with Crippen molar-refractivity contribution in [2.45, 2.75) is 44.1 Å². The third-order valence-corrected chi connectivity index (χ3v) is 6.67. The molecular formula is C26H27N5OS. The molecule has 0 radical (unpaired) electrons. The van der Waals surface area contributed by atoms with Crippen molar-refractivity contribution in [3.05, 3.63) is 89.7 Å². The third kappa shape index (κ3) is 5.14. The molecule has 7 heteroatoms. The summed E-state index contributed by atoms with van der Waals surface area (Å²) in [7, 11) is 0. The molecular weight excluding hydrogens is 430 g/mol. The molecule has 2 atom stereocenters. The molecule has 6 nitrogen and oxygen atoms in total. The Kier molecular flexibility index (Phi) is 6.89. The third-order valence-electron chi connectivity index (χ3n) is 5.63. The zero-order valence-corrected chi connectivity index (χ0v) is 20.0. The van der Waals surface area contributed by atoms with Crippen LogP contribution in [0.15, 0.2) is 78.2 Å². The summed E-state index contributed by atoms with van der Waals surface area (Å²) in [6, 6.07) is 20.0. The van der Waals surface area contributed by atoms with Crippen molar-refractivity contribution in [2.75, 3.05) is 0 Å². The number of hydrogen-bond donors (Lipinski definition) is 1. The second-order valence-electron chi connectivity index (χ2n) is 8.05. The quantitative estimate of drug-likeness (QED) is 0.381. The van der Waals surface area contributed by atoms with Gasteiger partial charge >= 0.3 is 0 Å². The van der Waals surface area contributed by atoms with Crippen LogP contribution in [0.5, 0.6) is 0 Å². The van der Waals surface area contributed by atoms with E-state index in [1.807, 2.05) is 60.9 Å². The maximum Gasteiger partial charge on any atom is 0.233 e. The van der Waals surface area contributed by atoms with E-state index in [2.05, 4.69) is 52.5 Å². The molecule has 0 bridgehead atoms. The Hall–Kier alpha value is -3.45. The minimum absolute atomic E-state index is 0.0450. The Morgan fingerprint density at radius 1 is 0.939 bits per heavy atom. The maximum absolute atomic E-state index is 13.0. The molecule has 2 unspecified atom stereocenters. The summed E-state index contributed by atoms with van der Waals surface area (Å²) >= 11 is 1.40. The van der Waals surface area contributed by atoms with Gasteiger partial charge in [-0.25, -0.2) is 0 Å². The van der Waals surface area contributed by atoms with Crippen LogP contribution < -0.4 is 5.32 Å². The van der Waals surface area contributed by atoms with E-state index in [-0.39, 0.29) is 17.2 Å². The van der Waals surface area contributed by atoms with Crippen molar-refractivity contribution >= 4 is 17.7 Å². The van der Waals surface area contributed by atoms with Gasteiger partial charge in [-0.3, -0.25) is 14.3 Å². The molecule has 0 aliphatic carbocycles. The summed E-state index contributed by atoms with van der Waals surface area (Å²) in [5.74, 6) is 0.671. The summed E-state index contributed by atoms with van der Waals surface area (Å²) in [6.07, 6.45) is 3.48. The maximum atomic E-state index is 13.0. The van der Waals surface area contributed by atoms with Gasteiger partial charge in [0.1, 0.15) is 0 Å². The van der Waals surface area contributed by atoms with Crippen LogP contribution in [0.4, 0.5) is 0 Å². The predicted octanol–water partition coefficient (Wildman–Crippen LogP) is 5.30. The first-order valence-corrected chi connectivity index (χ1v) is 11.8. The molecule has 0 fully saturated rings. The Bertz CT molecular complexity index is 1240. The molecule has 2 aromatic heterocycles. The Labute approximate surface area is 198 Å². The van der Waals surface area contributed by atoms with Crippen LogP contribution in [0.3, 0.4) is 0 Å². The summed E-state index contributed by atoms with van der Waals surface area (Å²) in [6.45, 7) is 8.06. The zero-order valence-electron chi connectivity index (χ0n) is 19.2. The molecule has 0 saturated heterocycles. The molecule has 2 aromatic carbocycles. The molecule has 0 aliphatic heterocycles. The molecule has 0 spiro atoms. The number of nitrogens with one attached hydrogen (secondary N) is 1. The Morgan fingerprint density at radius 2 is 1.67 bits per heavy atom. The molecule has 0 aliphatic rings. The number of carbonyl (C=O) groups is 1. The summed E-state index contributed by atoms with van der Waals surface area (Å²) < 4.78 is 2.01. The van der Waals surface area contributed by atoms with Gasteiger partial charge in [0, 0.05) is 18.0 Å². The second kappa shape index (κ2) is 10.0. The SMILES string of the molecule is Cc1ccc(-n2c(SC(C)C(=O)NC(C)c3ccccc3)nnc2-c2ccncc2)cc1C. The number of hydrogen-bond acceptors (Lipinski definition) is 5. The van der Waals surface area contributed by atoms with E-state index in [0.29, 0.717) is 11.0 Å². The number of aromatic nitrogens is 4. The molecule has 1 amide bonds. The van der Waals surface area contributed by atoms with Crippen molar-refractivity contribution in [3.8, 4) is 17.1 Å². The summed E-state index contributed by atoms with van der Waals surface area (Å²) in [5, 5.41) is 12.3. The van der Waals surface area contributed by atoms with Crippen LogP contribution in [0.1, 0.15) is 36.6 Å². The predicted molar refractivity (Wildman–Crippen MR) is 132 cm³/mol. The number of amides is 1. The van der Waals surface area contributed by atoms with Crippen molar-refractivity contribution in [2.24, 2.45) is 0 Å². The van der Waals surface area contributed by atoms with E-state index in [4.69, 9.17) is 0 Å². The number of carbonyl (C=O) groups excluding carboxylic acids is 1. The van der Waals surface area contributed by atoms with Crippen LogP contribution in [0.25, 0.3) is 17.1 Å². The lowest BCUT2D eigenvalue weighted by Crippen LogP contribution is -2.33. The fourth-order valence-corrected chi connectivity index (χ4v) is 4.38. The van der Waals surface area contributed by atoms with Crippen LogP contribution in [-0.2, 0) is 4.79 Å². The minimum atomic E-state index is -0.351. The highest BCUT2D eigenvalue weighted by atomic mass is 32.2. The zero-order chi connectivity index (χ0) is 23.4. The van der Waals surface area contributed by atoms with Crippen molar-refractivity contribution in [1.29, 1.82) is 0 Å². The van der Waals surface area contributed by atoms with Crippen LogP contribution >= 0.6 is 11.8 Å². The molecule has 33 heavy (non-hydrogen) atoms. The average Bonchev–Trinajstić information content (AvgIpc) is 3.25. The van der Waals surface area contributed by atoms with Gasteiger partial charge in [-0.05, 0) is 68.7 Å². The van der Waals surface area contributed by atoms with E-state index in [9.17, 15) is 4.79 Å². The van der Waals surface area contributed by atoms with Gasteiger partial charge in [0.25, 0.3) is 0 Å². The van der Waals surface area contributed by atoms with Gasteiger partial charge in [-0.1, -0.05) is 48.2 Å².